The van der Waals surface area contributed by atoms with Crippen LogP contribution in [0.2, 0.25) is 0 Å². The number of urea groups is 1. The molecule has 5 heteroatoms. The van der Waals surface area contributed by atoms with Gasteiger partial charge in [0, 0.05) is 13.0 Å². The van der Waals surface area contributed by atoms with E-state index in [-0.39, 0.29) is 6.42 Å². The molecule has 0 aromatic carbocycles. The number of carbonyl (C=O) groups excluding carboxylic acids is 1. The minimum atomic E-state index is -1.11. The van der Waals surface area contributed by atoms with E-state index in [9.17, 15) is 9.59 Å². The zero-order valence-electron chi connectivity index (χ0n) is 11.2. The zero-order chi connectivity index (χ0) is 14.1. The number of nitrogens with one attached hydrogen (secondary N) is 2. The van der Waals surface area contributed by atoms with E-state index in [1.165, 1.54) is 32.1 Å². The molecule has 0 aromatic heterocycles. The summed E-state index contributed by atoms with van der Waals surface area (Å²) in [6.45, 7) is 0.582. The Labute approximate surface area is 114 Å². The van der Waals surface area contributed by atoms with Crippen LogP contribution in [0.5, 0.6) is 0 Å². The molecule has 0 heterocycles. The van der Waals surface area contributed by atoms with Gasteiger partial charge in [-0.05, 0) is 12.3 Å². The van der Waals surface area contributed by atoms with Crippen LogP contribution in [0.4, 0.5) is 4.79 Å². The standard InChI is InChI=1S/C14H22N2O3/c1-2-6-12(13(17)18)16-14(19)15-10-9-11-7-4-3-5-8-11/h1,11-12H,3-10H2,(H,17,18)(H2,15,16,19). The first-order valence-electron chi connectivity index (χ1n) is 6.84. The molecule has 3 N–H and O–H groups in total. The third-order valence-electron chi connectivity index (χ3n) is 3.49. The van der Waals surface area contributed by atoms with Crippen molar-refractivity contribution >= 4 is 12.0 Å². The van der Waals surface area contributed by atoms with Crippen molar-refractivity contribution in [2.24, 2.45) is 5.92 Å². The van der Waals surface area contributed by atoms with Gasteiger partial charge in [0.25, 0.3) is 0 Å². The van der Waals surface area contributed by atoms with Gasteiger partial charge in [0.1, 0.15) is 6.04 Å². The summed E-state index contributed by atoms with van der Waals surface area (Å²) in [5.41, 5.74) is 0. The lowest BCUT2D eigenvalue weighted by molar-refractivity contribution is -0.139. The number of aliphatic carboxylic acids is 1. The van der Waals surface area contributed by atoms with Gasteiger partial charge in [0.2, 0.25) is 0 Å². The lowest BCUT2D eigenvalue weighted by Gasteiger charge is -2.21. The summed E-state index contributed by atoms with van der Waals surface area (Å²) >= 11 is 0. The molecule has 1 atom stereocenters. The highest BCUT2D eigenvalue weighted by Crippen LogP contribution is 2.25. The maximum atomic E-state index is 11.5. The van der Waals surface area contributed by atoms with E-state index < -0.39 is 18.0 Å². The average Bonchev–Trinajstić information content (AvgIpc) is 2.39. The fourth-order valence-electron chi connectivity index (χ4n) is 2.39. The maximum Gasteiger partial charge on any atom is 0.327 e. The average molecular weight is 266 g/mol. The topological polar surface area (TPSA) is 78.4 Å². The number of terminal acetylenes is 1. The van der Waals surface area contributed by atoms with Gasteiger partial charge < -0.3 is 15.7 Å². The van der Waals surface area contributed by atoms with Crippen molar-refractivity contribution in [2.75, 3.05) is 6.54 Å². The fraction of sp³-hybridized carbons (Fsp3) is 0.714. The van der Waals surface area contributed by atoms with Crippen molar-refractivity contribution < 1.29 is 14.7 Å². The molecule has 1 saturated carbocycles. The summed E-state index contributed by atoms with van der Waals surface area (Å²) in [5, 5.41) is 13.9. The molecule has 0 bridgehead atoms. The SMILES string of the molecule is C#CCC(NC(=O)NCCC1CCCCC1)C(=O)O. The van der Waals surface area contributed by atoms with Gasteiger partial charge in [-0.15, -0.1) is 12.3 Å². The van der Waals surface area contributed by atoms with Crippen LogP contribution in [0, 0.1) is 18.3 Å². The van der Waals surface area contributed by atoms with Gasteiger partial charge in [0.15, 0.2) is 0 Å². The maximum absolute atomic E-state index is 11.5. The molecule has 0 spiro atoms. The Balaban J connectivity index is 2.19. The smallest absolute Gasteiger partial charge is 0.327 e. The second-order valence-corrected chi connectivity index (χ2v) is 4.99. The molecule has 0 radical (unpaired) electrons. The molecule has 1 fully saturated rings. The highest BCUT2D eigenvalue weighted by molar-refractivity contribution is 5.82. The molecule has 0 saturated heterocycles. The predicted molar refractivity (Wildman–Crippen MR) is 72.6 cm³/mol. The number of rotatable bonds is 6. The third-order valence-corrected chi connectivity index (χ3v) is 3.49. The molecule has 0 aliphatic heterocycles. The highest BCUT2D eigenvalue weighted by Gasteiger charge is 2.19. The quantitative estimate of drug-likeness (QED) is 0.641. The Bertz CT molecular complexity index is 343. The molecule has 0 aromatic rings. The number of hydrogen-bond donors (Lipinski definition) is 3. The Kier molecular flexibility index (Phi) is 6.80. The van der Waals surface area contributed by atoms with Crippen LogP contribution >= 0.6 is 0 Å². The zero-order valence-corrected chi connectivity index (χ0v) is 11.2. The van der Waals surface area contributed by atoms with Gasteiger partial charge in [-0.3, -0.25) is 0 Å². The van der Waals surface area contributed by atoms with Crippen LogP contribution in [0.1, 0.15) is 44.9 Å². The van der Waals surface area contributed by atoms with E-state index in [0.29, 0.717) is 12.5 Å². The summed E-state index contributed by atoms with van der Waals surface area (Å²) in [6.07, 6.45) is 12.3. The minimum Gasteiger partial charge on any atom is -0.480 e. The van der Waals surface area contributed by atoms with E-state index in [2.05, 4.69) is 16.6 Å². The first kappa shape index (κ1) is 15.4. The monoisotopic (exact) mass is 266 g/mol. The molecule has 1 aliphatic carbocycles. The molecule has 19 heavy (non-hydrogen) atoms. The van der Waals surface area contributed by atoms with Gasteiger partial charge in [-0.1, -0.05) is 32.1 Å². The Morgan fingerprint density at radius 3 is 2.58 bits per heavy atom. The minimum absolute atomic E-state index is 0.00855. The first-order chi connectivity index (χ1) is 9.13. The molecular weight excluding hydrogens is 244 g/mol. The second-order valence-electron chi connectivity index (χ2n) is 4.99. The summed E-state index contributed by atoms with van der Waals surface area (Å²) < 4.78 is 0. The first-order valence-corrected chi connectivity index (χ1v) is 6.84. The van der Waals surface area contributed by atoms with Crippen LogP contribution in [0.25, 0.3) is 0 Å². The summed E-state index contributed by atoms with van der Waals surface area (Å²) in [5.74, 6) is 1.82. The van der Waals surface area contributed by atoms with Crippen LogP contribution in [0.3, 0.4) is 0 Å². The van der Waals surface area contributed by atoms with Crippen molar-refractivity contribution in [1.82, 2.24) is 10.6 Å². The van der Waals surface area contributed by atoms with Gasteiger partial charge >= 0.3 is 12.0 Å². The van der Waals surface area contributed by atoms with E-state index in [1.807, 2.05) is 0 Å². The van der Waals surface area contributed by atoms with Crippen LogP contribution in [-0.4, -0.2) is 29.7 Å². The van der Waals surface area contributed by atoms with Crippen LogP contribution < -0.4 is 10.6 Å². The summed E-state index contributed by atoms with van der Waals surface area (Å²) in [6, 6.07) is -1.47. The van der Waals surface area contributed by atoms with Crippen LogP contribution in [0.15, 0.2) is 0 Å². The highest BCUT2D eigenvalue weighted by atomic mass is 16.4. The normalized spacial score (nSPS) is 17.2. The predicted octanol–water partition coefficient (Wildman–Crippen LogP) is 1.73. The van der Waals surface area contributed by atoms with Crippen molar-refractivity contribution in [1.29, 1.82) is 0 Å². The third kappa shape index (κ3) is 6.14. The molecule has 1 aliphatic rings. The van der Waals surface area contributed by atoms with Gasteiger partial charge in [-0.2, -0.15) is 0 Å². The summed E-state index contributed by atoms with van der Waals surface area (Å²) in [4.78, 5) is 22.3. The van der Waals surface area contributed by atoms with E-state index in [1.54, 1.807) is 0 Å². The Hall–Kier alpha value is -1.70. The molecular formula is C14H22N2O3. The van der Waals surface area contributed by atoms with Crippen molar-refractivity contribution in [3.8, 4) is 12.3 Å². The number of carboxylic acid groups (broad SMARTS) is 1. The molecule has 1 rings (SSSR count). The van der Waals surface area contributed by atoms with Gasteiger partial charge in [-0.25, -0.2) is 9.59 Å². The number of amides is 2. The number of carbonyl (C=O) groups is 2. The van der Waals surface area contributed by atoms with E-state index in [0.717, 1.165) is 6.42 Å². The number of hydrogen-bond acceptors (Lipinski definition) is 2. The van der Waals surface area contributed by atoms with E-state index in [4.69, 9.17) is 11.5 Å². The van der Waals surface area contributed by atoms with Crippen LogP contribution in [-0.2, 0) is 4.79 Å². The van der Waals surface area contributed by atoms with Crippen molar-refractivity contribution in [3.05, 3.63) is 0 Å². The molecule has 2 amide bonds. The fourth-order valence-corrected chi connectivity index (χ4v) is 2.39. The Morgan fingerprint density at radius 1 is 1.32 bits per heavy atom. The largest absolute Gasteiger partial charge is 0.480 e. The lowest BCUT2D eigenvalue weighted by Crippen LogP contribution is -2.46. The van der Waals surface area contributed by atoms with Gasteiger partial charge in [0.05, 0.1) is 0 Å². The van der Waals surface area contributed by atoms with Crippen molar-refractivity contribution in [3.63, 3.8) is 0 Å². The molecule has 1 unspecified atom stereocenters. The van der Waals surface area contributed by atoms with E-state index >= 15 is 0 Å². The molecule has 5 nitrogen and oxygen atoms in total. The Morgan fingerprint density at radius 2 is 2.00 bits per heavy atom. The lowest BCUT2D eigenvalue weighted by atomic mass is 9.87. The summed E-state index contributed by atoms with van der Waals surface area (Å²) in [7, 11) is 0. The number of carboxylic acids is 1. The molecule has 106 valence electrons. The second kappa shape index (κ2) is 8.41. The van der Waals surface area contributed by atoms with Crippen molar-refractivity contribution in [2.45, 2.75) is 51.0 Å².